The number of rotatable bonds is 8. The van der Waals surface area contributed by atoms with Crippen LogP contribution >= 0.6 is 0 Å². The van der Waals surface area contributed by atoms with E-state index in [1.807, 2.05) is 37.5 Å². The number of piperidine rings is 1. The first kappa shape index (κ1) is 23.8. The molecule has 188 valence electrons. The van der Waals surface area contributed by atoms with Crippen molar-refractivity contribution >= 4 is 11.8 Å². The molecule has 1 saturated carbocycles. The van der Waals surface area contributed by atoms with Crippen LogP contribution in [0, 0.1) is 0 Å². The Morgan fingerprint density at radius 2 is 1.89 bits per heavy atom. The van der Waals surface area contributed by atoms with E-state index in [2.05, 4.69) is 4.98 Å². The number of likely N-dealkylation sites (tertiary alicyclic amines) is 1. The minimum atomic E-state index is -1.40. The van der Waals surface area contributed by atoms with Gasteiger partial charge in [-0.25, -0.2) is 9.37 Å². The first-order chi connectivity index (χ1) is 17.4. The number of nitrogens with zero attached hydrogens (tertiary/aromatic N) is 3. The van der Waals surface area contributed by atoms with Gasteiger partial charge in [0.05, 0.1) is 36.7 Å². The van der Waals surface area contributed by atoms with Crippen molar-refractivity contribution in [1.29, 1.82) is 0 Å². The first-order valence-corrected chi connectivity index (χ1v) is 12.1. The van der Waals surface area contributed by atoms with Crippen molar-refractivity contribution in [1.82, 2.24) is 14.5 Å². The van der Waals surface area contributed by atoms with Gasteiger partial charge in [-0.05, 0) is 48.7 Å². The van der Waals surface area contributed by atoms with Crippen LogP contribution in [0.15, 0.2) is 55.0 Å². The highest BCUT2D eigenvalue weighted by atomic mass is 19.1. The van der Waals surface area contributed by atoms with Gasteiger partial charge >= 0.3 is 0 Å². The predicted molar refractivity (Wildman–Crippen MR) is 131 cm³/mol. The summed E-state index contributed by atoms with van der Waals surface area (Å²) < 4.78 is 28.5. The summed E-state index contributed by atoms with van der Waals surface area (Å²) in [4.78, 5) is 30.7. The molecule has 3 aromatic rings. The standard InChI is InChI=1S/C27H29FN4O4/c1-31-15-23(30-16-31)18-4-9-24(21(13-18)27(29)34)36-25-10-11-32(14-22(25)28)26(33)12-17-2-5-19(6-3-17)35-20-7-8-20/h2-6,9,13,15-16,20,22,25H,7-8,10-12,14H2,1H3,(H2,29,34)/t22-,25+/m0/s1. The van der Waals surface area contributed by atoms with Gasteiger partial charge in [-0.1, -0.05) is 12.1 Å². The molecule has 2 N–H and O–H groups in total. The lowest BCUT2D eigenvalue weighted by Gasteiger charge is -2.35. The number of halogens is 1. The SMILES string of the molecule is Cn1cnc(-c2ccc(O[C@@H]3CCN(C(=O)Cc4ccc(OC5CC5)cc4)C[C@@H]3F)c(C(N)=O)c2)c1. The number of ether oxygens (including phenoxy) is 2. The van der Waals surface area contributed by atoms with E-state index in [4.69, 9.17) is 15.2 Å². The summed E-state index contributed by atoms with van der Waals surface area (Å²) in [6.07, 6.45) is 4.30. The summed E-state index contributed by atoms with van der Waals surface area (Å²) in [5.74, 6) is 0.228. The highest BCUT2D eigenvalue weighted by Crippen LogP contribution is 2.29. The van der Waals surface area contributed by atoms with Gasteiger partial charge in [0.2, 0.25) is 5.91 Å². The molecule has 2 aromatic carbocycles. The molecule has 1 aliphatic carbocycles. The molecule has 1 aromatic heterocycles. The van der Waals surface area contributed by atoms with Crippen molar-refractivity contribution in [2.24, 2.45) is 12.8 Å². The second-order valence-corrected chi connectivity index (χ2v) is 9.44. The Morgan fingerprint density at radius 1 is 1.11 bits per heavy atom. The third-order valence-corrected chi connectivity index (χ3v) is 6.46. The Balaban J connectivity index is 1.19. The third-order valence-electron chi connectivity index (χ3n) is 6.46. The zero-order valence-electron chi connectivity index (χ0n) is 20.1. The fourth-order valence-corrected chi connectivity index (χ4v) is 4.30. The molecule has 9 heteroatoms. The Hall–Kier alpha value is -3.88. The monoisotopic (exact) mass is 492 g/mol. The molecule has 2 aliphatic rings. The van der Waals surface area contributed by atoms with E-state index in [1.54, 1.807) is 29.1 Å². The number of alkyl halides is 1. The van der Waals surface area contributed by atoms with E-state index in [9.17, 15) is 9.59 Å². The van der Waals surface area contributed by atoms with Gasteiger partial charge in [0.15, 0.2) is 6.17 Å². The molecule has 5 rings (SSSR count). The topological polar surface area (TPSA) is 99.7 Å². The normalized spacial score (nSPS) is 19.7. The van der Waals surface area contributed by atoms with Crippen LogP contribution in [-0.4, -0.2) is 57.7 Å². The molecular formula is C27H29FN4O4. The molecule has 2 fully saturated rings. The number of hydrogen-bond donors (Lipinski definition) is 1. The van der Waals surface area contributed by atoms with Crippen molar-refractivity contribution in [2.75, 3.05) is 13.1 Å². The van der Waals surface area contributed by atoms with Gasteiger partial charge in [-0.3, -0.25) is 9.59 Å². The number of nitrogens with two attached hydrogens (primary N) is 1. The maximum atomic E-state index is 15.1. The van der Waals surface area contributed by atoms with Crippen LogP contribution in [0.2, 0.25) is 0 Å². The van der Waals surface area contributed by atoms with Crippen LogP contribution in [0.5, 0.6) is 11.5 Å². The molecule has 2 amide bonds. The Bertz CT molecular complexity index is 1250. The van der Waals surface area contributed by atoms with E-state index >= 15 is 4.39 Å². The largest absolute Gasteiger partial charge is 0.490 e. The molecule has 36 heavy (non-hydrogen) atoms. The first-order valence-electron chi connectivity index (χ1n) is 12.1. The molecule has 8 nitrogen and oxygen atoms in total. The average molecular weight is 493 g/mol. The summed E-state index contributed by atoms with van der Waals surface area (Å²) in [6, 6.07) is 12.5. The molecule has 2 atom stereocenters. The van der Waals surface area contributed by atoms with Gasteiger partial charge in [0.25, 0.3) is 5.91 Å². The molecular weight excluding hydrogens is 463 g/mol. The van der Waals surface area contributed by atoms with Crippen LogP contribution in [0.25, 0.3) is 11.3 Å². The Morgan fingerprint density at radius 3 is 2.53 bits per heavy atom. The van der Waals surface area contributed by atoms with E-state index in [-0.39, 0.29) is 30.2 Å². The van der Waals surface area contributed by atoms with Crippen molar-refractivity contribution in [3.63, 3.8) is 0 Å². The molecule has 2 heterocycles. The molecule has 0 bridgehead atoms. The second kappa shape index (κ2) is 10.0. The summed E-state index contributed by atoms with van der Waals surface area (Å²) >= 11 is 0. The summed E-state index contributed by atoms with van der Waals surface area (Å²) in [7, 11) is 1.85. The van der Waals surface area contributed by atoms with Crippen molar-refractivity contribution in [2.45, 2.75) is 44.1 Å². The van der Waals surface area contributed by atoms with Crippen LogP contribution < -0.4 is 15.2 Å². The van der Waals surface area contributed by atoms with Crippen molar-refractivity contribution < 1.29 is 23.5 Å². The lowest BCUT2D eigenvalue weighted by atomic mass is 10.0. The number of primary amides is 1. The zero-order chi connectivity index (χ0) is 25.2. The summed E-state index contributed by atoms with van der Waals surface area (Å²) in [5, 5.41) is 0. The van der Waals surface area contributed by atoms with Gasteiger partial charge in [0.1, 0.15) is 17.6 Å². The van der Waals surface area contributed by atoms with Crippen LogP contribution in [0.4, 0.5) is 4.39 Å². The quantitative estimate of drug-likeness (QED) is 0.520. The van der Waals surface area contributed by atoms with E-state index in [0.29, 0.717) is 30.3 Å². The number of carbonyl (C=O) groups excluding carboxylic acids is 2. The molecule has 1 saturated heterocycles. The maximum absolute atomic E-state index is 15.1. The summed E-state index contributed by atoms with van der Waals surface area (Å²) in [5.41, 5.74) is 8.00. The predicted octanol–water partition coefficient (Wildman–Crippen LogP) is 3.29. The minimum absolute atomic E-state index is 0.0652. The average Bonchev–Trinajstić information content (AvgIpc) is 3.58. The van der Waals surface area contributed by atoms with E-state index in [1.165, 1.54) is 4.90 Å². The number of amides is 2. The zero-order valence-corrected chi connectivity index (χ0v) is 20.1. The van der Waals surface area contributed by atoms with Gasteiger partial charge < -0.3 is 24.7 Å². The van der Waals surface area contributed by atoms with Crippen LogP contribution in [-0.2, 0) is 18.3 Å². The lowest BCUT2D eigenvalue weighted by Crippen LogP contribution is -2.49. The summed E-state index contributed by atoms with van der Waals surface area (Å²) in [6.45, 7) is 0.301. The van der Waals surface area contributed by atoms with Crippen LogP contribution in [0.3, 0.4) is 0 Å². The smallest absolute Gasteiger partial charge is 0.252 e. The number of aromatic nitrogens is 2. The third kappa shape index (κ3) is 5.50. The van der Waals surface area contributed by atoms with E-state index < -0.39 is 18.2 Å². The maximum Gasteiger partial charge on any atom is 0.252 e. The van der Waals surface area contributed by atoms with E-state index in [0.717, 1.165) is 24.2 Å². The van der Waals surface area contributed by atoms with Crippen LogP contribution in [0.1, 0.15) is 35.2 Å². The fourth-order valence-electron chi connectivity index (χ4n) is 4.30. The second-order valence-electron chi connectivity index (χ2n) is 9.44. The highest BCUT2D eigenvalue weighted by molar-refractivity contribution is 5.97. The molecule has 0 spiro atoms. The minimum Gasteiger partial charge on any atom is -0.490 e. The number of imidazole rings is 1. The number of benzene rings is 2. The van der Waals surface area contributed by atoms with Gasteiger partial charge in [-0.15, -0.1) is 0 Å². The fraction of sp³-hybridized carbons (Fsp3) is 0.370. The molecule has 1 aliphatic heterocycles. The molecule has 0 radical (unpaired) electrons. The molecule has 0 unspecified atom stereocenters. The van der Waals surface area contributed by atoms with Crippen molar-refractivity contribution in [3.05, 3.63) is 66.1 Å². The van der Waals surface area contributed by atoms with Crippen molar-refractivity contribution in [3.8, 4) is 22.8 Å². The highest BCUT2D eigenvalue weighted by Gasteiger charge is 2.33. The number of aryl methyl sites for hydroxylation is 1. The number of carbonyl (C=O) groups is 2. The van der Waals surface area contributed by atoms with Gasteiger partial charge in [-0.2, -0.15) is 0 Å². The Kier molecular flexibility index (Phi) is 6.63. The lowest BCUT2D eigenvalue weighted by molar-refractivity contribution is -0.134. The Labute approximate surface area is 208 Å². The van der Waals surface area contributed by atoms with Gasteiger partial charge in [0, 0.05) is 31.8 Å². The number of hydrogen-bond acceptors (Lipinski definition) is 5.